The van der Waals surface area contributed by atoms with Crippen molar-refractivity contribution in [1.29, 1.82) is 0 Å². The zero-order chi connectivity index (χ0) is 20.6. The van der Waals surface area contributed by atoms with Gasteiger partial charge < -0.3 is 10.1 Å². The first-order valence-electron chi connectivity index (χ1n) is 9.99. The first kappa shape index (κ1) is 21.6. The highest BCUT2D eigenvalue weighted by atomic mass is 35.5. The summed E-state index contributed by atoms with van der Waals surface area (Å²) in [7, 11) is 0. The molecule has 1 unspecified atom stereocenters. The SMILES string of the molecule is C[C@@H](OC(=O)C1C[C@H]2CCC[C@@H](C1)C21SCCS1)C(=O)Nc1ncc(Cl)cc1Cl. The van der Waals surface area contributed by atoms with Gasteiger partial charge in [-0.3, -0.25) is 9.59 Å². The molecule has 9 heteroatoms. The molecule has 0 radical (unpaired) electrons. The molecular weight excluding hydrogens is 451 g/mol. The number of hydrogen-bond acceptors (Lipinski definition) is 6. The van der Waals surface area contributed by atoms with Gasteiger partial charge in [-0.2, -0.15) is 0 Å². The van der Waals surface area contributed by atoms with Gasteiger partial charge in [0.05, 0.1) is 20.0 Å². The van der Waals surface area contributed by atoms with E-state index >= 15 is 0 Å². The summed E-state index contributed by atoms with van der Waals surface area (Å²) in [4.78, 5) is 29.3. The Bertz CT molecular complexity index is 788. The third-order valence-corrected chi connectivity index (χ3v) is 10.7. The van der Waals surface area contributed by atoms with Crippen LogP contribution in [0, 0.1) is 17.8 Å². The van der Waals surface area contributed by atoms with E-state index in [1.54, 1.807) is 6.92 Å². The van der Waals surface area contributed by atoms with E-state index in [2.05, 4.69) is 33.8 Å². The van der Waals surface area contributed by atoms with Gasteiger partial charge in [0.25, 0.3) is 5.91 Å². The molecule has 4 atom stereocenters. The van der Waals surface area contributed by atoms with Gasteiger partial charge in [-0.05, 0) is 50.5 Å². The largest absolute Gasteiger partial charge is 0.452 e. The zero-order valence-corrected chi connectivity index (χ0v) is 19.3. The van der Waals surface area contributed by atoms with E-state index in [9.17, 15) is 9.59 Å². The zero-order valence-electron chi connectivity index (χ0n) is 16.2. The van der Waals surface area contributed by atoms with Crippen LogP contribution in [0.3, 0.4) is 0 Å². The molecule has 158 valence electrons. The third-order valence-electron chi connectivity index (χ3n) is 6.16. The Morgan fingerprint density at radius 2 is 1.90 bits per heavy atom. The summed E-state index contributed by atoms with van der Waals surface area (Å²) in [5.74, 6) is 2.92. The smallest absolute Gasteiger partial charge is 0.309 e. The van der Waals surface area contributed by atoms with Crippen LogP contribution in [0.2, 0.25) is 10.0 Å². The van der Waals surface area contributed by atoms with Crippen molar-refractivity contribution in [2.45, 2.75) is 49.2 Å². The molecular formula is C20H24Cl2N2O3S2. The molecule has 2 bridgehead atoms. The summed E-state index contributed by atoms with van der Waals surface area (Å²) in [6, 6.07) is 1.50. The summed E-state index contributed by atoms with van der Waals surface area (Å²) >= 11 is 16.1. The lowest BCUT2D eigenvalue weighted by Gasteiger charge is -2.51. The number of esters is 1. The lowest BCUT2D eigenvalue weighted by molar-refractivity contribution is -0.159. The fourth-order valence-corrected chi connectivity index (χ4v) is 9.21. The van der Waals surface area contributed by atoms with Crippen molar-refractivity contribution >= 4 is 64.4 Å². The molecule has 1 aliphatic heterocycles. The number of ether oxygens (including phenoxy) is 1. The maximum Gasteiger partial charge on any atom is 0.309 e. The topological polar surface area (TPSA) is 68.3 Å². The molecule has 29 heavy (non-hydrogen) atoms. The number of carbonyl (C=O) groups is 2. The number of aromatic nitrogens is 1. The second-order valence-corrected chi connectivity index (χ2v) is 11.8. The third kappa shape index (κ3) is 4.39. The lowest BCUT2D eigenvalue weighted by Crippen LogP contribution is -2.48. The van der Waals surface area contributed by atoms with Crippen LogP contribution in [0.5, 0.6) is 0 Å². The molecule has 1 aromatic rings. The Balaban J connectivity index is 1.36. The highest BCUT2D eigenvalue weighted by molar-refractivity contribution is 8.21. The van der Waals surface area contributed by atoms with Gasteiger partial charge in [-0.15, -0.1) is 23.5 Å². The maximum absolute atomic E-state index is 12.8. The average Bonchev–Trinajstić information content (AvgIpc) is 3.13. The minimum absolute atomic E-state index is 0.120. The van der Waals surface area contributed by atoms with E-state index in [0.717, 1.165) is 12.8 Å². The summed E-state index contributed by atoms with van der Waals surface area (Å²) in [5, 5.41) is 3.22. The van der Waals surface area contributed by atoms with Gasteiger partial charge in [0.1, 0.15) is 0 Å². The van der Waals surface area contributed by atoms with E-state index in [1.807, 2.05) is 0 Å². The molecule has 1 aromatic heterocycles. The Morgan fingerprint density at radius 1 is 1.24 bits per heavy atom. The quantitative estimate of drug-likeness (QED) is 0.599. The fraction of sp³-hybridized carbons (Fsp3) is 0.650. The van der Waals surface area contributed by atoms with Crippen molar-refractivity contribution in [2.75, 3.05) is 16.8 Å². The molecule has 2 aliphatic carbocycles. The van der Waals surface area contributed by atoms with E-state index in [1.165, 1.54) is 43.0 Å². The number of nitrogens with one attached hydrogen (secondary N) is 1. The molecule has 2 saturated carbocycles. The highest BCUT2D eigenvalue weighted by Gasteiger charge is 2.55. The van der Waals surface area contributed by atoms with Gasteiger partial charge in [0.2, 0.25) is 0 Å². The molecule has 3 aliphatic rings. The van der Waals surface area contributed by atoms with Gasteiger partial charge in [-0.1, -0.05) is 29.6 Å². The normalized spacial score (nSPS) is 28.7. The number of carbonyl (C=O) groups excluding carboxylic acids is 2. The fourth-order valence-electron chi connectivity index (χ4n) is 4.85. The number of pyridine rings is 1. The monoisotopic (exact) mass is 474 g/mol. The van der Waals surface area contributed by atoms with Gasteiger partial charge in [0, 0.05) is 17.7 Å². The van der Waals surface area contributed by atoms with Crippen LogP contribution in [0.4, 0.5) is 5.82 Å². The van der Waals surface area contributed by atoms with E-state index < -0.39 is 12.0 Å². The van der Waals surface area contributed by atoms with Crippen LogP contribution in [0.1, 0.15) is 39.0 Å². The Labute approximate surface area is 189 Å². The Hall–Kier alpha value is -0.630. The standard InChI is InChI=1S/C20H24Cl2N2O3S2/c1-11(18(25)24-17-16(22)9-15(21)10-23-17)27-19(26)12-7-13-3-2-4-14(8-12)20(13)28-5-6-29-20/h9-14H,2-8H2,1H3,(H,23,24,25)/t11-,12?,13-,14+/m1/s1. The predicted molar refractivity (Wildman–Crippen MR) is 120 cm³/mol. The molecule has 3 fully saturated rings. The predicted octanol–water partition coefficient (Wildman–Crippen LogP) is 5.26. The molecule has 1 N–H and O–H groups in total. The van der Waals surface area contributed by atoms with Crippen molar-refractivity contribution in [1.82, 2.24) is 4.98 Å². The molecule has 1 saturated heterocycles. The first-order valence-corrected chi connectivity index (χ1v) is 12.7. The van der Waals surface area contributed by atoms with Crippen LogP contribution >= 0.6 is 46.7 Å². The maximum atomic E-state index is 12.8. The number of rotatable bonds is 4. The average molecular weight is 475 g/mol. The van der Waals surface area contributed by atoms with Gasteiger partial charge >= 0.3 is 5.97 Å². The second-order valence-electron chi connectivity index (χ2n) is 7.96. The summed E-state index contributed by atoms with van der Waals surface area (Å²) in [5.41, 5.74) is 0. The van der Waals surface area contributed by atoms with Crippen LogP contribution in [0.15, 0.2) is 12.3 Å². The molecule has 0 aromatic carbocycles. The Morgan fingerprint density at radius 3 is 2.52 bits per heavy atom. The van der Waals surface area contributed by atoms with E-state index in [-0.39, 0.29) is 22.7 Å². The lowest BCUT2D eigenvalue weighted by atomic mass is 9.67. The first-order chi connectivity index (χ1) is 13.9. The Kier molecular flexibility index (Phi) is 6.59. The van der Waals surface area contributed by atoms with Crippen molar-refractivity contribution in [3.8, 4) is 0 Å². The number of hydrogen-bond donors (Lipinski definition) is 1. The van der Waals surface area contributed by atoms with Crippen molar-refractivity contribution in [2.24, 2.45) is 17.8 Å². The number of amides is 1. The van der Waals surface area contributed by atoms with Crippen molar-refractivity contribution in [3.63, 3.8) is 0 Å². The molecule has 1 spiro atoms. The van der Waals surface area contributed by atoms with Crippen LogP contribution in [0.25, 0.3) is 0 Å². The number of nitrogens with zero attached hydrogens (tertiary/aromatic N) is 1. The summed E-state index contributed by atoms with van der Waals surface area (Å²) < 4.78 is 5.86. The summed E-state index contributed by atoms with van der Waals surface area (Å²) in [6.07, 6.45) is 5.86. The van der Waals surface area contributed by atoms with E-state index in [4.69, 9.17) is 27.9 Å². The minimum Gasteiger partial charge on any atom is -0.452 e. The van der Waals surface area contributed by atoms with Crippen LogP contribution in [-0.2, 0) is 14.3 Å². The number of halogens is 2. The van der Waals surface area contributed by atoms with E-state index in [0.29, 0.717) is 20.9 Å². The van der Waals surface area contributed by atoms with Crippen molar-refractivity contribution in [3.05, 3.63) is 22.3 Å². The summed E-state index contributed by atoms with van der Waals surface area (Å²) in [6.45, 7) is 1.57. The molecule has 5 nitrogen and oxygen atoms in total. The molecule has 2 heterocycles. The second kappa shape index (κ2) is 8.85. The molecule has 1 amide bonds. The van der Waals surface area contributed by atoms with Crippen molar-refractivity contribution < 1.29 is 14.3 Å². The molecule has 4 rings (SSSR count). The van der Waals surface area contributed by atoms with Crippen LogP contribution < -0.4 is 5.32 Å². The minimum atomic E-state index is -0.915. The highest BCUT2D eigenvalue weighted by Crippen LogP contribution is 2.64. The van der Waals surface area contributed by atoms with Crippen LogP contribution in [-0.4, -0.2) is 38.5 Å². The number of thioether (sulfide) groups is 2. The number of anilines is 1. The van der Waals surface area contributed by atoms with Gasteiger partial charge in [0.15, 0.2) is 11.9 Å². The van der Waals surface area contributed by atoms with Gasteiger partial charge in [-0.25, -0.2) is 4.98 Å².